The van der Waals surface area contributed by atoms with E-state index < -0.39 is 0 Å². The molecule has 3 heteroatoms. The van der Waals surface area contributed by atoms with Crippen LogP contribution >= 0.6 is 0 Å². The third kappa shape index (κ3) is 3.23. The highest BCUT2D eigenvalue weighted by Gasteiger charge is 2.18. The van der Waals surface area contributed by atoms with Crippen LogP contribution in [0.2, 0.25) is 0 Å². The predicted molar refractivity (Wildman–Crippen MR) is 55.2 cm³/mol. The first-order valence-electron chi connectivity index (χ1n) is 5.92. The zero-order valence-corrected chi connectivity index (χ0v) is 8.84. The Bertz CT molecular complexity index is 133. The molecule has 2 saturated heterocycles. The van der Waals surface area contributed by atoms with Crippen LogP contribution in [-0.2, 0) is 9.47 Å². The first-order chi connectivity index (χ1) is 6.95. The van der Waals surface area contributed by atoms with Gasteiger partial charge in [-0.15, -0.1) is 0 Å². The summed E-state index contributed by atoms with van der Waals surface area (Å²) in [5.41, 5.74) is 0. The molecule has 2 rings (SSSR count). The van der Waals surface area contributed by atoms with E-state index in [9.17, 15) is 0 Å². The molecule has 2 aliphatic rings. The molecule has 3 nitrogen and oxygen atoms in total. The molecule has 0 spiro atoms. The number of hydrogen-bond donors (Lipinski definition) is 1. The monoisotopic (exact) mass is 199 g/mol. The summed E-state index contributed by atoms with van der Waals surface area (Å²) in [5.74, 6) is 0. The lowest BCUT2D eigenvalue weighted by Gasteiger charge is -2.27. The van der Waals surface area contributed by atoms with Gasteiger partial charge >= 0.3 is 0 Å². The smallest absolute Gasteiger partial charge is 0.157 e. The van der Waals surface area contributed by atoms with Gasteiger partial charge < -0.3 is 14.8 Å². The highest BCUT2D eigenvalue weighted by molar-refractivity contribution is 4.72. The van der Waals surface area contributed by atoms with Crippen molar-refractivity contribution in [2.75, 3.05) is 19.8 Å². The lowest BCUT2D eigenvalue weighted by molar-refractivity contribution is -0.182. The van der Waals surface area contributed by atoms with Crippen molar-refractivity contribution in [1.29, 1.82) is 0 Å². The van der Waals surface area contributed by atoms with Crippen molar-refractivity contribution < 1.29 is 9.47 Å². The molecule has 1 unspecified atom stereocenters. The van der Waals surface area contributed by atoms with Crippen LogP contribution in [0.25, 0.3) is 0 Å². The zero-order chi connectivity index (χ0) is 9.64. The molecule has 0 aromatic heterocycles. The standard InChI is InChI=1S/C11H21NO2/c1-2-7-12-10(4-1)5-6-11-13-8-3-9-14-11/h10-12H,1-9H2. The van der Waals surface area contributed by atoms with Crippen LogP contribution in [0.4, 0.5) is 0 Å². The van der Waals surface area contributed by atoms with Gasteiger partial charge in [-0.2, -0.15) is 0 Å². The highest BCUT2D eigenvalue weighted by atomic mass is 16.7. The van der Waals surface area contributed by atoms with Crippen molar-refractivity contribution in [3.8, 4) is 0 Å². The van der Waals surface area contributed by atoms with E-state index in [0.717, 1.165) is 26.1 Å². The van der Waals surface area contributed by atoms with Crippen molar-refractivity contribution in [2.45, 2.75) is 50.9 Å². The average Bonchev–Trinajstić information content (AvgIpc) is 2.29. The second kappa shape index (κ2) is 5.69. The Morgan fingerprint density at radius 2 is 1.86 bits per heavy atom. The fraction of sp³-hybridized carbons (Fsp3) is 1.00. The van der Waals surface area contributed by atoms with Gasteiger partial charge in [0, 0.05) is 6.04 Å². The Morgan fingerprint density at radius 3 is 2.57 bits per heavy atom. The Kier molecular flexibility index (Phi) is 4.22. The average molecular weight is 199 g/mol. The van der Waals surface area contributed by atoms with Crippen LogP contribution < -0.4 is 5.32 Å². The van der Waals surface area contributed by atoms with E-state index in [4.69, 9.17) is 9.47 Å². The van der Waals surface area contributed by atoms with Gasteiger partial charge in [0.05, 0.1) is 13.2 Å². The van der Waals surface area contributed by atoms with E-state index in [0.29, 0.717) is 6.04 Å². The minimum atomic E-state index is 0.0764. The van der Waals surface area contributed by atoms with E-state index >= 15 is 0 Å². The van der Waals surface area contributed by atoms with Crippen LogP contribution in [0.1, 0.15) is 38.5 Å². The summed E-state index contributed by atoms with van der Waals surface area (Å²) in [6.07, 6.45) is 7.43. The van der Waals surface area contributed by atoms with E-state index in [2.05, 4.69) is 5.32 Å². The molecule has 1 atom stereocenters. The lowest BCUT2D eigenvalue weighted by Crippen LogP contribution is -2.35. The molecule has 0 aliphatic carbocycles. The summed E-state index contributed by atoms with van der Waals surface area (Å²) < 4.78 is 11.0. The van der Waals surface area contributed by atoms with Crippen LogP contribution in [-0.4, -0.2) is 32.1 Å². The van der Waals surface area contributed by atoms with Crippen molar-refractivity contribution in [3.63, 3.8) is 0 Å². The quantitative estimate of drug-likeness (QED) is 0.750. The minimum Gasteiger partial charge on any atom is -0.353 e. The summed E-state index contributed by atoms with van der Waals surface area (Å²) in [6, 6.07) is 0.706. The minimum absolute atomic E-state index is 0.0764. The van der Waals surface area contributed by atoms with Gasteiger partial charge in [-0.3, -0.25) is 0 Å². The topological polar surface area (TPSA) is 30.5 Å². The molecule has 0 amide bonds. The van der Waals surface area contributed by atoms with Gasteiger partial charge in [0.15, 0.2) is 6.29 Å². The second-order valence-corrected chi connectivity index (χ2v) is 4.25. The number of nitrogens with one attached hydrogen (secondary N) is 1. The van der Waals surface area contributed by atoms with E-state index in [1.54, 1.807) is 0 Å². The zero-order valence-electron chi connectivity index (χ0n) is 8.84. The third-order valence-corrected chi connectivity index (χ3v) is 3.06. The van der Waals surface area contributed by atoms with Gasteiger partial charge in [-0.25, -0.2) is 0 Å². The van der Waals surface area contributed by atoms with Gasteiger partial charge in [0.1, 0.15) is 0 Å². The van der Waals surface area contributed by atoms with E-state index in [1.807, 2.05) is 0 Å². The maximum absolute atomic E-state index is 5.52. The third-order valence-electron chi connectivity index (χ3n) is 3.06. The van der Waals surface area contributed by atoms with Gasteiger partial charge in [-0.1, -0.05) is 6.42 Å². The molecule has 0 saturated carbocycles. The summed E-state index contributed by atoms with van der Waals surface area (Å²) in [7, 11) is 0. The van der Waals surface area contributed by atoms with Crippen molar-refractivity contribution in [2.24, 2.45) is 0 Å². The first kappa shape index (κ1) is 10.4. The van der Waals surface area contributed by atoms with Crippen molar-refractivity contribution >= 4 is 0 Å². The molecule has 1 N–H and O–H groups in total. The molecule has 2 fully saturated rings. The molecule has 2 aliphatic heterocycles. The van der Waals surface area contributed by atoms with Crippen LogP contribution in [0, 0.1) is 0 Å². The number of rotatable bonds is 3. The highest BCUT2D eigenvalue weighted by Crippen LogP contribution is 2.16. The molecule has 0 aromatic carbocycles. The second-order valence-electron chi connectivity index (χ2n) is 4.25. The van der Waals surface area contributed by atoms with Gasteiger partial charge in [0.25, 0.3) is 0 Å². The largest absolute Gasteiger partial charge is 0.353 e. The summed E-state index contributed by atoms with van der Waals surface area (Å²) in [6.45, 7) is 2.95. The predicted octanol–water partition coefficient (Wildman–Crippen LogP) is 1.67. The number of piperidine rings is 1. The normalized spacial score (nSPS) is 30.4. The maximum Gasteiger partial charge on any atom is 0.157 e. The molecule has 82 valence electrons. The van der Waals surface area contributed by atoms with Gasteiger partial charge in [0.2, 0.25) is 0 Å². The van der Waals surface area contributed by atoms with Crippen LogP contribution in [0.3, 0.4) is 0 Å². The lowest BCUT2D eigenvalue weighted by atomic mass is 10.0. The SMILES string of the molecule is C1CCC(CCC2OCCCO2)NC1. The molecular formula is C11H21NO2. The molecular weight excluding hydrogens is 178 g/mol. The Morgan fingerprint density at radius 1 is 1.00 bits per heavy atom. The molecule has 14 heavy (non-hydrogen) atoms. The molecule has 0 bridgehead atoms. The van der Waals surface area contributed by atoms with Crippen molar-refractivity contribution in [3.05, 3.63) is 0 Å². The Balaban J connectivity index is 1.60. The number of ether oxygens (including phenoxy) is 2. The Hall–Kier alpha value is -0.120. The summed E-state index contributed by atoms with van der Waals surface area (Å²) in [4.78, 5) is 0. The van der Waals surface area contributed by atoms with Crippen molar-refractivity contribution in [1.82, 2.24) is 5.32 Å². The summed E-state index contributed by atoms with van der Waals surface area (Å²) >= 11 is 0. The maximum atomic E-state index is 5.52. The van der Waals surface area contributed by atoms with Crippen LogP contribution in [0.5, 0.6) is 0 Å². The molecule has 0 radical (unpaired) electrons. The van der Waals surface area contributed by atoms with E-state index in [1.165, 1.54) is 32.2 Å². The number of hydrogen-bond acceptors (Lipinski definition) is 3. The van der Waals surface area contributed by atoms with Gasteiger partial charge in [-0.05, 0) is 38.6 Å². The molecule has 0 aromatic rings. The Labute approximate surface area is 86.2 Å². The molecule has 2 heterocycles. The summed E-state index contributed by atoms with van der Waals surface area (Å²) in [5, 5.41) is 3.55. The van der Waals surface area contributed by atoms with Crippen LogP contribution in [0.15, 0.2) is 0 Å². The first-order valence-corrected chi connectivity index (χ1v) is 5.92. The van der Waals surface area contributed by atoms with E-state index in [-0.39, 0.29) is 6.29 Å². The fourth-order valence-electron chi connectivity index (χ4n) is 2.21. The fourth-order valence-corrected chi connectivity index (χ4v) is 2.21.